The van der Waals surface area contributed by atoms with E-state index in [-0.39, 0.29) is 23.9 Å². The molecule has 3 rings (SSSR count). The summed E-state index contributed by atoms with van der Waals surface area (Å²) in [5.74, 6) is -1.52. The third kappa shape index (κ3) is 1.79. The third-order valence-corrected chi connectivity index (χ3v) is 4.18. The van der Waals surface area contributed by atoms with Gasteiger partial charge in [-0.05, 0) is 25.0 Å². The summed E-state index contributed by atoms with van der Waals surface area (Å²) in [5, 5.41) is 8.80. The van der Waals surface area contributed by atoms with Crippen molar-refractivity contribution in [1.82, 2.24) is 4.98 Å². The van der Waals surface area contributed by atoms with Gasteiger partial charge in [0, 0.05) is 6.42 Å². The Bertz CT molecular complexity index is 588. The second kappa shape index (κ2) is 4.40. The van der Waals surface area contributed by atoms with Crippen molar-refractivity contribution >= 4 is 23.5 Å². The summed E-state index contributed by atoms with van der Waals surface area (Å²) in [6.45, 7) is 0. The van der Waals surface area contributed by atoms with E-state index in [1.54, 1.807) is 0 Å². The molecule has 1 spiro atoms. The van der Waals surface area contributed by atoms with Crippen molar-refractivity contribution in [3.05, 3.63) is 24.0 Å². The quantitative estimate of drug-likeness (QED) is 0.828. The SMILES string of the molecule is O=C(O)c1ccc(N2C(=O)CC3(CCCC3)C2=O)cn1. The van der Waals surface area contributed by atoms with Crippen LogP contribution in [-0.2, 0) is 9.59 Å². The summed E-state index contributed by atoms with van der Waals surface area (Å²) in [6.07, 6.45) is 5.00. The number of anilines is 1. The summed E-state index contributed by atoms with van der Waals surface area (Å²) < 4.78 is 0. The van der Waals surface area contributed by atoms with Crippen LogP contribution < -0.4 is 4.90 Å². The highest BCUT2D eigenvalue weighted by Crippen LogP contribution is 2.47. The van der Waals surface area contributed by atoms with E-state index in [1.165, 1.54) is 18.3 Å². The molecule has 1 aromatic rings. The minimum absolute atomic E-state index is 0.108. The van der Waals surface area contributed by atoms with Crippen LogP contribution in [0.2, 0.25) is 0 Å². The van der Waals surface area contributed by atoms with Crippen molar-refractivity contribution < 1.29 is 19.5 Å². The Morgan fingerprint density at radius 3 is 2.50 bits per heavy atom. The van der Waals surface area contributed by atoms with Gasteiger partial charge in [-0.3, -0.25) is 9.59 Å². The molecular formula is C14H14N2O4. The van der Waals surface area contributed by atoms with Crippen molar-refractivity contribution in [3.8, 4) is 0 Å². The fourth-order valence-electron chi connectivity index (χ4n) is 3.14. The summed E-state index contributed by atoms with van der Waals surface area (Å²) in [5.41, 5.74) is -0.278. The van der Waals surface area contributed by atoms with E-state index in [0.717, 1.165) is 30.6 Å². The molecule has 2 heterocycles. The van der Waals surface area contributed by atoms with Crippen LogP contribution in [0.25, 0.3) is 0 Å². The third-order valence-electron chi connectivity index (χ3n) is 4.18. The van der Waals surface area contributed by atoms with E-state index < -0.39 is 11.4 Å². The number of hydrogen-bond donors (Lipinski definition) is 1. The zero-order valence-corrected chi connectivity index (χ0v) is 10.8. The number of hydrogen-bond acceptors (Lipinski definition) is 4. The Hall–Kier alpha value is -2.24. The molecule has 1 N–H and O–H groups in total. The summed E-state index contributed by atoms with van der Waals surface area (Å²) in [7, 11) is 0. The molecule has 2 fully saturated rings. The molecule has 1 saturated heterocycles. The van der Waals surface area contributed by atoms with Crippen LogP contribution in [0.15, 0.2) is 18.3 Å². The smallest absolute Gasteiger partial charge is 0.354 e. The van der Waals surface area contributed by atoms with Crippen molar-refractivity contribution in [3.63, 3.8) is 0 Å². The lowest BCUT2D eigenvalue weighted by molar-refractivity contribution is -0.125. The largest absolute Gasteiger partial charge is 0.477 e. The Morgan fingerprint density at radius 2 is 1.95 bits per heavy atom. The normalized spacial score (nSPS) is 20.9. The van der Waals surface area contributed by atoms with Crippen LogP contribution in [0, 0.1) is 5.41 Å². The number of imide groups is 1. The molecule has 104 valence electrons. The molecule has 0 aromatic carbocycles. The highest BCUT2D eigenvalue weighted by molar-refractivity contribution is 6.22. The minimum Gasteiger partial charge on any atom is -0.477 e. The molecule has 1 aliphatic carbocycles. The Balaban J connectivity index is 1.92. The lowest BCUT2D eigenvalue weighted by atomic mass is 9.84. The van der Waals surface area contributed by atoms with Gasteiger partial charge in [-0.2, -0.15) is 0 Å². The molecular weight excluding hydrogens is 260 g/mol. The van der Waals surface area contributed by atoms with Gasteiger partial charge in [0.1, 0.15) is 5.69 Å². The van der Waals surface area contributed by atoms with Crippen LogP contribution >= 0.6 is 0 Å². The number of carbonyl (C=O) groups is 3. The number of aromatic carboxylic acids is 1. The Morgan fingerprint density at radius 1 is 1.25 bits per heavy atom. The zero-order valence-electron chi connectivity index (χ0n) is 10.8. The van der Waals surface area contributed by atoms with E-state index in [9.17, 15) is 14.4 Å². The van der Waals surface area contributed by atoms with Crippen molar-refractivity contribution in [2.24, 2.45) is 5.41 Å². The van der Waals surface area contributed by atoms with Crippen LogP contribution in [0.4, 0.5) is 5.69 Å². The second-order valence-electron chi connectivity index (χ2n) is 5.41. The molecule has 0 bridgehead atoms. The van der Waals surface area contributed by atoms with E-state index in [2.05, 4.69) is 4.98 Å². The van der Waals surface area contributed by atoms with Crippen LogP contribution in [0.3, 0.4) is 0 Å². The number of aromatic nitrogens is 1. The first kappa shape index (κ1) is 12.8. The lowest BCUT2D eigenvalue weighted by Crippen LogP contribution is -2.34. The number of carboxylic acids is 1. The molecule has 1 saturated carbocycles. The standard InChI is InChI=1S/C14H14N2O4/c17-11-7-14(5-1-2-6-14)13(20)16(11)9-3-4-10(12(18)19)15-8-9/h3-4,8H,1-2,5-7H2,(H,18,19). The first-order valence-electron chi connectivity index (χ1n) is 6.60. The zero-order chi connectivity index (χ0) is 14.3. The fourth-order valence-corrected chi connectivity index (χ4v) is 3.14. The lowest BCUT2D eigenvalue weighted by Gasteiger charge is -2.20. The van der Waals surface area contributed by atoms with Gasteiger partial charge in [-0.25, -0.2) is 14.7 Å². The van der Waals surface area contributed by atoms with Gasteiger partial charge in [0.25, 0.3) is 0 Å². The topological polar surface area (TPSA) is 87.6 Å². The predicted octanol–water partition coefficient (Wildman–Crippen LogP) is 1.60. The Kier molecular flexibility index (Phi) is 2.81. The molecule has 6 heteroatoms. The summed E-state index contributed by atoms with van der Waals surface area (Å²) >= 11 is 0. The second-order valence-corrected chi connectivity index (χ2v) is 5.41. The highest BCUT2D eigenvalue weighted by Gasteiger charge is 2.53. The maximum absolute atomic E-state index is 12.5. The van der Waals surface area contributed by atoms with Crippen LogP contribution in [0.5, 0.6) is 0 Å². The first-order chi connectivity index (χ1) is 9.53. The van der Waals surface area contributed by atoms with Gasteiger partial charge in [-0.1, -0.05) is 12.8 Å². The van der Waals surface area contributed by atoms with Crippen LogP contribution in [0.1, 0.15) is 42.6 Å². The number of pyridine rings is 1. The summed E-state index contributed by atoms with van der Waals surface area (Å²) in [4.78, 5) is 40.3. The van der Waals surface area contributed by atoms with Crippen LogP contribution in [-0.4, -0.2) is 27.9 Å². The van der Waals surface area contributed by atoms with E-state index >= 15 is 0 Å². The number of carbonyl (C=O) groups excluding carboxylic acids is 2. The molecule has 0 unspecified atom stereocenters. The van der Waals surface area contributed by atoms with Gasteiger partial charge in [-0.15, -0.1) is 0 Å². The number of nitrogens with zero attached hydrogens (tertiary/aromatic N) is 2. The maximum Gasteiger partial charge on any atom is 0.354 e. The number of amides is 2. The van der Waals surface area contributed by atoms with E-state index in [1.807, 2.05) is 0 Å². The van der Waals surface area contributed by atoms with Crippen molar-refractivity contribution in [1.29, 1.82) is 0 Å². The van der Waals surface area contributed by atoms with Gasteiger partial charge in [0.05, 0.1) is 17.3 Å². The molecule has 0 radical (unpaired) electrons. The van der Waals surface area contributed by atoms with Gasteiger partial charge in [0.2, 0.25) is 11.8 Å². The molecule has 20 heavy (non-hydrogen) atoms. The van der Waals surface area contributed by atoms with Gasteiger partial charge >= 0.3 is 5.97 Å². The summed E-state index contributed by atoms with van der Waals surface area (Å²) in [6, 6.07) is 2.76. The average molecular weight is 274 g/mol. The van der Waals surface area contributed by atoms with Crippen molar-refractivity contribution in [2.45, 2.75) is 32.1 Å². The van der Waals surface area contributed by atoms with E-state index in [0.29, 0.717) is 5.69 Å². The average Bonchev–Trinajstić information content (AvgIpc) is 2.97. The molecule has 0 atom stereocenters. The monoisotopic (exact) mass is 274 g/mol. The molecule has 1 aromatic heterocycles. The van der Waals surface area contributed by atoms with Crippen molar-refractivity contribution in [2.75, 3.05) is 4.90 Å². The van der Waals surface area contributed by atoms with E-state index in [4.69, 9.17) is 5.11 Å². The highest BCUT2D eigenvalue weighted by atomic mass is 16.4. The predicted molar refractivity (Wildman–Crippen MR) is 69.2 cm³/mol. The molecule has 1 aliphatic heterocycles. The minimum atomic E-state index is -1.14. The number of carboxylic acid groups (broad SMARTS) is 1. The molecule has 2 aliphatic rings. The van der Waals surface area contributed by atoms with Gasteiger partial charge in [0.15, 0.2) is 0 Å². The number of rotatable bonds is 2. The molecule has 2 amide bonds. The van der Waals surface area contributed by atoms with Gasteiger partial charge < -0.3 is 5.11 Å². The molecule has 6 nitrogen and oxygen atoms in total. The maximum atomic E-state index is 12.5. The Labute approximate surface area is 115 Å². The first-order valence-corrected chi connectivity index (χ1v) is 6.60. The fraction of sp³-hybridized carbons (Fsp3) is 0.429.